The van der Waals surface area contributed by atoms with Crippen molar-refractivity contribution in [3.8, 4) is 0 Å². The smallest absolute Gasteiger partial charge is 0.310 e. The third kappa shape index (κ3) is 10.3. The Labute approximate surface area is 199 Å². The summed E-state index contributed by atoms with van der Waals surface area (Å²) < 4.78 is 46.5. The molecule has 0 unspecified atom stereocenters. The average Bonchev–Trinajstić information content (AvgIpc) is 2.58. The maximum Gasteiger partial charge on any atom is 0.310 e. The Morgan fingerprint density at radius 1 is 0.875 bits per heavy atom. The van der Waals surface area contributed by atoms with Crippen LogP contribution in [-0.2, 0) is 32.7 Å². The number of hydrogen-bond donors (Lipinski definition) is 0. The van der Waals surface area contributed by atoms with Gasteiger partial charge >= 0.3 is 5.97 Å². The summed E-state index contributed by atoms with van der Waals surface area (Å²) >= 11 is 0. The van der Waals surface area contributed by atoms with E-state index in [1.807, 2.05) is 6.92 Å². The highest BCUT2D eigenvalue weighted by atomic mass is 32.2. The molecule has 192 valence electrons. The van der Waals surface area contributed by atoms with E-state index in [1.165, 1.54) is 7.11 Å². The number of carbonyl (C=O) groups is 1. The molecule has 10 heteroatoms. The Morgan fingerprint density at radius 3 is 1.69 bits per heavy atom. The maximum absolute atomic E-state index is 12.3. The van der Waals surface area contributed by atoms with Gasteiger partial charge in [-0.05, 0) is 56.0 Å². The normalized spacial score (nSPS) is 17.0. The summed E-state index contributed by atoms with van der Waals surface area (Å²) in [6, 6.07) is 0. The van der Waals surface area contributed by atoms with Crippen LogP contribution in [0.15, 0.2) is 0 Å². The molecule has 0 spiro atoms. The summed E-state index contributed by atoms with van der Waals surface area (Å²) in [6.07, 6.45) is 1.32. The van der Waals surface area contributed by atoms with Crippen LogP contribution in [0.5, 0.6) is 0 Å². The van der Waals surface area contributed by atoms with Gasteiger partial charge in [0.15, 0.2) is 16.6 Å². The summed E-state index contributed by atoms with van der Waals surface area (Å²) in [4.78, 5) is 12.3. The topological polar surface area (TPSA) is 88.1 Å². The van der Waals surface area contributed by atoms with Gasteiger partial charge in [-0.3, -0.25) is 8.98 Å². The molecule has 0 radical (unpaired) electrons. The minimum atomic E-state index is -3.59. The molecule has 0 aliphatic carbocycles. The highest BCUT2D eigenvalue weighted by molar-refractivity contribution is 7.85. The Hall–Kier alpha value is -0.266. The van der Waals surface area contributed by atoms with Gasteiger partial charge in [-0.1, -0.05) is 41.5 Å². The van der Waals surface area contributed by atoms with Crippen LogP contribution in [0.2, 0.25) is 36.3 Å². The van der Waals surface area contributed by atoms with E-state index in [4.69, 9.17) is 17.8 Å². The highest BCUT2D eigenvalue weighted by Gasteiger charge is 2.42. The second kappa shape index (κ2) is 11.4. The second-order valence-corrected chi connectivity index (χ2v) is 23.0. The van der Waals surface area contributed by atoms with Crippen LogP contribution in [0, 0.1) is 5.92 Å². The molecule has 0 aromatic rings. The predicted octanol–water partition coefficient (Wildman–Crippen LogP) is 5.33. The molecule has 0 amide bonds. The SMILES string of the molecule is COC(=O)[C@@H](C)[C@H](CC[C@H](COS(C)(=O)=O)O[Si](C)(C)C(C)(C)C)O[Si](C)(C)C(C)(C)C. The molecule has 0 aliphatic rings. The van der Waals surface area contributed by atoms with Gasteiger partial charge in [0, 0.05) is 0 Å². The summed E-state index contributed by atoms with van der Waals surface area (Å²) in [5.74, 6) is -0.763. The monoisotopic (exact) mass is 512 g/mol. The van der Waals surface area contributed by atoms with Crippen LogP contribution in [0.25, 0.3) is 0 Å². The lowest BCUT2D eigenvalue weighted by Gasteiger charge is -2.42. The first-order valence-electron chi connectivity index (χ1n) is 11.3. The van der Waals surface area contributed by atoms with Gasteiger partial charge < -0.3 is 13.6 Å². The maximum atomic E-state index is 12.3. The zero-order valence-corrected chi connectivity index (χ0v) is 25.4. The van der Waals surface area contributed by atoms with Crippen LogP contribution < -0.4 is 0 Å². The summed E-state index contributed by atoms with van der Waals surface area (Å²) in [6.45, 7) is 23.2. The number of esters is 1. The summed E-state index contributed by atoms with van der Waals surface area (Å²) in [5.41, 5.74) is 0. The molecular weight excluding hydrogens is 464 g/mol. The quantitative estimate of drug-likeness (QED) is 0.198. The molecule has 3 atom stereocenters. The van der Waals surface area contributed by atoms with Crippen LogP contribution >= 0.6 is 0 Å². The van der Waals surface area contributed by atoms with E-state index >= 15 is 0 Å². The highest BCUT2D eigenvalue weighted by Crippen LogP contribution is 2.40. The van der Waals surface area contributed by atoms with Crippen molar-refractivity contribution in [3.63, 3.8) is 0 Å². The molecule has 0 N–H and O–H groups in total. The lowest BCUT2D eigenvalue weighted by atomic mass is 9.99. The predicted molar refractivity (Wildman–Crippen MR) is 135 cm³/mol. The lowest BCUT2D eigenvalue weighted by molar-refractivity contribution is -0.148. The van der Waals surface area contributed by atoms with Crippen molar-refractivity contribution in [2.75, 3.05) is 20.0 Å². The van der Waals surface area contributed by atoms with Gasteiger partial charge in [-0.25, -0.2) is 0 Å². The van der Waals surface area contributed by atoms with Crippen LogP contribution in [0.1, 0.15) is 61.3 Å². The standard InChI is InChI=1S/C22H48O7SSi2/c1-17(20(23)26-8)19(29-32(12,13)22(5,6)7)15-14-18(16-27-30(9,24)25)28-31(10,11)21(2,3)4/h17-19H,14-16H2,1-13H3/t17-,18+,19-/m0/s1. The van der Waals surface area contributed by atoms with E-state index in [0.717, 1.165) is 6.26 Å². The van der Waals surface area contributed by atoms with E-state index in [2.05, 4.69) is 67.7 Å². The van der Waals surface area contributed by atoms with E-state index in [1.54, 1.807) is 0 Å². The molecule has 0 bridgehead atoms. The van der Waals surface area contributed by atoms with Crippen molar-refractivity contribution < 1.29 is 31.0 Å². The molecule has 0 saturated carbocycles. The molecule has 32 heavy (non-hydrogen) atoms. The Balaban J connectivity index is 5.75. The van der Waals surface area contributed by atoms with Crippen molar-refractivity contribution in [2.45, 2.75) is 110 Å². The molecule has 0 aromatic heterocycles. The first kappa shape index (κ1) is 31.7. The first-order valence-corrected chi connectivity index (χ1v) is 19.0. The molecule has 0 aromatic carbocycles. The van der Waals surface area contributed by atoms with Crippen LogP contribution in [0.4, 0.5) is 0 Å². The molecular formula is C22H48O7SSi2. The largest absolute Gasteiger partial charge is 0.469 e. The Bertz CT molecular complexity index is 707. The summed E-state index contributed by atoms with van der Waals surface area (Å²) in [7, 11) is -6.53. The average molecular weight is 513 g/mol. The third-order valence-electron chi connectivity index (χ3n) is 6.89. The zero-order valence-electron chi connectivity index (χ0n) is 22.6. The molecule has 7 nitrogen and oxygen atoms in total. The fourth-order valence-electron chi connectivity index (χ4n) is 2.62. The number of methoxy groups -OCH3 is 1. The van der Waals surface area contributed by atoms with Crippen molar-refractivity contribution in [3.05, 3.63) is 0 Å². The third-order valence-corrected chi connectivity index (χ3v) is 16.5. The molecule has 0 heterocycles. The molecule has 0 fully saturated rings. The fourth-order valence-corrected chi connectivity index (χ4v) is 5.83. The second-order valence-electron chi connectivity index (χ2n) is 11.8. The fraction of sp³-hybridized carbons (Fsp3) is 0.955. The van der Waals surface area contributed by atoms with E-state index in [-0.39, 0.29) is 28.8 Å². The Kier molecular flexibility index (Phi) is 11.3. The number of hydrogen-bond acceptors (Lipinski definition) is 7. The van der Waals surface area contributed by atoms with Crippen LogP contribution in [-0.4, -0.2) is 63.2 Å². The van der Waals surface area contributed by atoms with Gasteiger partial charge in [0.1, 0.15) is 0 Å². The van der Waals surface area contributed by atoms with Gasteiger partial charge in [-0.15, -0.1) is 0 Å². The number of carbonyl (C=O) groups excluding carboxylic acids is 1. The van der Waals surface area contributed by atoms with Gasteiger partial charge in [-0.2, -0.15) is 8.42 Å². The Morgan fingerprint density at radius 2 is 1.31 bits per heavy atom. The minimum Gasteiger partial charge on any atom is -0.469 e. The lowest BCUT2D eigenvalue weighted by Crippen LogP contribution is -2.48. The number of rotatable bonds is 12. The van der Waals surface area contributed by atoms with Crippen LogP contribution in [0.3, 0.4) is 0 Å². The van der Waals surface area contributed by atoms with Gasteiger partial charge in [0.05, 0.1) is 38.1 Å². The zero-order chi connectivity index (χ0) is 25.8. The molecule has 0 saturated heterocycles. The van der Waals surface area contributed by atoms with E-state index < -0.39 is 38.8 Å². The van der Waals surface area contributed by atoms with Gasteiger partial charge in [0.25, 0.3) is 10.1 Å². The van der Waals surface area contributed by atoms with Crippen molar-refractivity contribution in [1.82, 2.24) is 0 Å². The minimum absolute atomic E-state index is 0.0163. The van der Waals surface area contributed by atoms with Gasteiger partial charge in [0.2, 0.25) is 0 Å². The molecule has 0 aliphatic heterocycles. The van der Waals surface area contributed by atoms with Crippen molar-refractivity contribution in [2.24, 2.45) is 5.92 Å². The van der Waals surface area contributed by atoms with Crippen molar-refractivity contribution in [1.29, 1.82) is 0 Å². The number of ether oxygens (including phenoxy) is 1. The van der Waals surface area contributed by atoms with Crippen molar-refractivity contribution >= 4 is 32.7 Å². The first-order chi connectivity index (χ1) is 14.0. The van der Waals surface area contributed by atoms with E-state index in [9.17, 15) is 13.2 Å². The summed E-state index contributed by atoms with van der Waals surface area (Å²) in [5, 5.41) is -0.0514. The molecule has 0 rings (SSSR count). The van der Waals surface area contributed by atoms with E-state index in [0.29, 0.717) is 12.8 Å².